The Morgan fingerprint density at radius 2 is 2.00 bits per heavy atom. The fourth-order valence-corrected chi connectivity index (χ4v) is 1.02. The maximum atomic E-state index is 11.7. The van der Waals surface area contributed by atoms with Gasteiger partial charge in [0.2, 0.25) is 5.91 Å². The number of hydrogen-bond acceptors (Lipinski definition) is 3. The Labute approximate surface area is 94.1 Å². The maximum absolute atomic E-state index is 11.7. The van der Waals surface area contributed by atoms with Crippen molar-refractivity contribution < 1.29 is 9.59 Å². The first-order valence-corrected chi connectivity index (χ1v) is 4.87. The van der Waals surface area contributed by atoms with E-state index in [2.05, 4.69) is 10.3 Å². The van der Waals surface area contributed by atoms with Crippen molar-refractivity contribution in [2.45, 2.75) is 20.8 Å². The number of carbonyl (C=O) groups excluding carboxylic acids is 2. The summed E-state index contributed by atoms with van der Waals surface area (Å²) in [6, 6.07) is 1.47. The number of amides is 2. The van der Waals surface area contributed by atoms with Crippen LogP contribution >= 0.6 is 0 Å². The van der Waals surface area contributed by atoms with E-state index in [1.807, 2.05) is 0 Å². The minimum absolute atomic E-state index is 0.192. The third kappa shape index (κ3) is 2.79. The normalized spacial score (nSPS) is 10.9. The van der Waals surface area contributed by atoms with E-state index in [4.69, 9.17) is 5.73 Å². The number of primary amides is 1. The van der Waals surface area contributed by atoms with E-state index >= 15 is 0 Å². The van der Waals surface area contributed by atoms with Gasteiger partial charge in [-0.1, -0.05) is 20.8 Å². The highest BCUT2D eigenvalue weighted by molar-refractivity contribution is 6.03. The Kier molecular flexibility index (Phi) is 3.27. The number of nitrogens with one attached hydrogen (secondary N) is 1. The second-order valence-electron chi connectivity index (χ2n) is 4.49. The summed E-state index contributed by atoms with van der Waals surface area (Å²) in [7, 11) is 0. The summed E-state index contributed by atoms with van der Waals surface area (Å²) in [6.07, 6.45) is 2.86. The molecule has 0 bridgehead atoms. The van der Waals surface area contributed by atoms with Crippen LogP contribution in [0.25, 0.3) is 0 Å². The van der Waals surface area contributed by atoms with E-state index in [0.29, 0.717) is 5.69 Å². The van der Waals surface area contributed by atoms with Crippen molar-refractivity contribution in [3.8, 4) is 0 Å². The number of carbonyl (C=O) groups is 2. The van der Waals surface area contributed by atoms with Gasteiger partial charge in [0.05, 0.1) is 17.4 Å². The summed E-state index contributed by atoms with van der Waals surface area (Å²) < 4.78 is 0. The molecule has 1 aromatic rings. The molecule has 1 heterocycles. The quantitative estimate of drug-likeness (QED) is 0.786. The third-order valence-electron chi connectivity index (χ3n) is 2.02. The predicted molar refractivity (Wildman–Crippen MR) is 60.8 cm³/mol. The Morgan fingerprint density at radius 1 is 1.38 bits per heavy atom. The van der Waals surface area contributed by atoms with Crippen LogP contribution in [0.3, 0.4) is 0 Å². The second kappa shape index (κ2) is 4.30. The molecule has 0 fully saturated rings. The van der Waals surface area contributed by atoms with Crippen LogP contribution in [0.4, 0.5) is 5.69 Å². The highest BCUT2D eigenvalue weighted by Crippen LogP contribution is 2.19. The van der Waals surface area contributed by atoms with Crippen molar-refractivity contribution in [1.29, 1.82) is 0 Å². The average molecular weight is 221 g/mol. The summed E-state index contributed by atoms with van der Waals surface area (Å²) >= 11 is 0. The van der Waals surface area contributed by atoms with E-state index in [1.165, 1.54) is 18.5 Å². The lowest BCUT2D eigenvalue weighted by Crippen LogP contribution is -2.29. The molecule has 0 aliphatic rings. The highest BCUT2D eigenvalue weighted by atomic mass is 16.2. The van der Waals surface area contributed by atoms with Gasteiger partial charge in [0.15, 0.2) is 0 Å². The molecule has 5 nitrogen and oxygen atoms in total. The minimum atomic E-state index is -0.591. The van der Waals surface area contributed by atoms with Gasteiger partial charge in [-0.05, 0) is 6.07 Å². The van der Waals surface area contributed by atoms with Gasteiger partial charge in [-0.15, -0.1) is 0 Å². The first-order valence-electron chi connectivity index (χ1n) is 4.87. The van der Waals surface area contributed by atoms with Crippen molar-refractivity contribution in [3.63, 3.8) is 0 Å². The lowest BCUT2D eigenvalue weighted by Gasteiger charge is -2.18. The molecule has 2 amide bonds. The van der Waals surface area contributed by atoms with E-state index in [1.54, 1.807) is 20.8 Å². The number of aromatic nitrogens is 1. The van der Waals surface area contributed by atoms with Gasteiger partial charge in [0.1, 0.15) is 0 Å². The average Bonchev–Trinajstić information content (AvgIpc) is 2.16. The molecule has 0 radical (unpaired) electrons. The third-order valence-corrected chi connectivity index (χ3v) is 2.02. The Bertz CT molecular complexity index is 421. The zero-order chi connectivity index (χ0) is 12.3. The summed E-state index contributed by atoms with van der Waals surface area (Å²) in [5, 5.41) is 2.63. The zero-order valence-electron chi connectivity index (χ0n) is 9.57. The summed E-state index contributed by atoms with van der Waals surface area (Å²) in [5.74, 6) is -0.783. The molecule has 0 spiro atoms. The lowest BCUT2D eigenvalue weighted by molar-refractivity contribution is -0.123. The number of pyridine rings is 1. The van der Waals surface area contributed by atoms with Crippen molar-refractivity contribution in [2.75, 3.05) is 5.32 Å². The van der Waals surface area contributed by atoms with Gasteiger partial charge >= 0.3 is 0 Å². The minimum Gasteiger partial charge on any atom is -0.366 e. The highest BCUT2D eigenvalue weighted by Gasteiger charge is 2.22. The Hall–Kier alpha value is -1.91. The lowest BCUT2D eigenvalue weighted by atomic mass is 9.95. The van der Waals surface area contributed by atoms with Gasteiger partial charge in [0.25, 0.3) is 5.91 Å². The molecule has 0 saturated heterocycles. The molecule has 0 aliphatic carbocycles. The van der Waals surface area contributed by atoms with E-state index in [0.717, 1.165) is 0 Å². The number of nitrogens with zero attached hydrogens (tertiary/aromatic N) is 1. The molecule has 1 rings (SSSR count). The predicted octanol–water partition coefficient (Wildman–Crippen LogP) is 1.17. The number of nitrogens with two attached hydrogens (primary N) is 1. The first-order chi connectivity index (χ1) is 7.32. The van der Waals surface area contributed by atoms with Crippen LogP contribution in [0.1, 0.15) is 31.1 Å². The Morgan fingerprint density at radius 3 is 2.50 bits per heavy atom. The Balaban J connectivity index is 2.98. The SMILES string of the molecule is CC(C)(C)C(=O)Nc1cnccc1C(N)=O. The van der Waals surface area contributed by atoms with E-state index in [9.17, 15) is 9.59 Å². The van der Waals surface area contributed by atoms with Crippen LogP contribution < -0.4 is 11.1 Å². The fourth-order valence-electron chi connectivity index (χ4n) is 1.02. The zero-order valence-corrected chi connectivity index (χ0v) is 9.57. The standard InChI is InChI=1S/C11H15N3O2/c1-11(2,3)10(16)14-8-6-13-5-4-7(8)9(12)15/h4-6H,1-3H3,(H2,12,15)(H,14,16). The molecule has 3 N–H and O–H groups in total. The van der Waals surface area contributed by atoms with Crippen LogP contribution in [0.15, 0.2) is 18.5 Å². The second-order valence-corrected chi connectivity index (χ2v) is 4.49. The van der Waals surface area contributed by atoms with Gasteiger partial charge in [-0.2, -0.15) is 0 Å². The topological polar surface area (TPSA) is 85.1 Å². The molecule has 0 aromatic carbocycles. The van der Waals surface area contributed by atoms with Crippen molar-refractivity contribution in [2.24, 2.45) is 11.1 Å². The van der Waals surface area contributed by atoms with E-state index < -0.39 is 11.3 Å². The van der Waals surface area contributed by atoms with Crippen molar-refractivity contribution in [3.05, 3.63) is 24.0 Å². The van der Waals surface area contributed by atoms with Crippen LogP contribution in [0.2, 0.25) is 0 Å². The van der Waals surface area contributed by atoms with Crippen molar-refractivity contribution in [1.82, 2.24) is 4.98 Å². The van der Waals surface area contributed by atoms with E-state index in [-0.39, 0.29) is 11.5 Å². The molecule has 86 valence electrons. The number of rotatable bonds is 2. The molecular formula is C11H15N3O2. The van der Waals surface area contributed by atoms with Crippen LogP contribution in [-0.2, 0) is 4.79 Å². The molecule has 0 saturated carbocycles. The largest absolute Gasteiger partial charge is 0.366 e. The van der Waals surface area contributed by atoms with Gasteiger partial charge in [-0.25, -0.2) is 0 Å². The van der Waals surface area contributed by atoms with Crippen LogP contribution in [0, 0.1) is 5.41 Å². The maximum Gasteiger partial charge on any atom is 0.250 e. The molecule has 16 heavy (non-hydrogen) atoms. The summed E-state index contributed by atoms with van der Waals surface area (Å²) in [6.45, 7) is 5.34. The smallest absolute Gasteiger partial charge is 0.250 e. The van der Waals surface area contributed by atoms with Crippen LogP contribution in [-0.4, -0.2) is 16.8 Å². The molecule has 1 aromatic heterocycles. The molecule has 0 unspecified atom stereocenters. The monoisotopic (exact) mass is 221 g/mol. The molecular weight excluding hydrogens is 206 g/mol. The van der Waals surface area contributed by atoms with Gasteiger partial charge in [-0.3, -0.25) is 14.6 Å². The number of anilines is 1. The van der Waals surface area contributed by atoms with Crippen molar-refractivity contribution >= 4 is 17.5 Å². The first kappa shape index (κ1) is 12.2. The van der Waals surface area contributed by atoms with Gasteiger partial charge in [0, 0.05) is 11.6 Å². The molecule has 0 atom stereocenters. The molecule has 5 heteroatoms. The summed E-state index contributed by atoms with van der Waals surface area (Å²) in [5.41, 5.74) is 5.24. The summed E-state index contributed by atoms with van der Waals surface area (Å²) in [4.78, 5) is 26.7. The molecule has 0 aliphatic heterocycles. The fraction of sp³-hybridized carbons (Fsp3) is 0.364. The van der Waals surface area contributed by atoms with Crippen LogP contribution in [0.5, 0.6) is 0 Å². The van der Waals surface area contributed by atoms with Gasteiger partial charge < -0.3 is 11.1 Å². The number of hydrogen-bond donors (Lipinski definition) is 2.